The van der Waals surface area contributed by atoms with Crippen LogP contribution < -0.4 is 0 Å². The number of aliphatic hydroxyl groups excluding tert-OH is 1. The van der Waals surface area contributed by atoms with Gasteiger partial charge in [-0.1, -0.05) is 26.5 Å². The minimum Gasteiger partial charge on any atom is -0.389 e. The second-order valence-corrected chi connectivity index (χ2v) is 2.57. The minimum atomic E-state index is -0.527. The lowest BCUT2D eigenvalue weighted by molar-refractivity contribution is 0.165. The highest BCUT2D eigenvalue weighted by molar-refractivity contribution is 5.00. The van der Waals surface area contributed by atoms with Gasteiger partial charge in [0.2, 0.25) is 0 Å². The van der Waals surface area contributed by atoms with E-state index in [0.29, 0.717) is 6.42 Å². The Morgan fingerprint density at radius 1 is 1.55 bits per heavy atom. The summed E-state index contributed by atoms with van der Waals surface area (Å²) in [5, 5.41) is 9.18. The third-order valence-corrected chi connectivity index (χ3v) is 1.51. The maximum absolute atomic E-state index is 9.18. The molecule has 2 unspecified atom stereocenters. The van der Waals surface area contributed by atoms with Gasteiger partial charge in [-0.25, -0.2) is 0 Å². The monoisotopic (exact) mass is 151 g/mol. The van der Waals surface area contributed by atoms with E-state index in [1.807, 2.05) is 13.8 Å². The van der Waals surface area contributed by atoms with Crippen LogP contribution in [0.4, 0.5) is 0 Å². The molecule has 0 saturated heterocycles. The van der Waals surface area contributed by atoms with Crippen molar-refractivity contribution in [2.75, 3.05) is 0 Å². The van der Waals surface area contributed by atoms with E-state index < -0.39 is 6.10 Å². The maximum Gasteiger partial charge on any atom is 0.0758 e. The lowest BCUT2D eigenvalue weighted by atomic mass is 10.0. The normalized spacial score (nSPS) is 14.5. The van der Waals surface area contributed by atoms with E-state index in [4.69, 9.17) is 6.58 Å². The highest BCUT2D eigenvalue weighted by Crippen LogP contribution is 2.07. The Balaban J connectivity index is 3.67. The van der Waals surface area contributed by atoms with E-state index in [2.05, 4.69) is 11.8 Å². The molecule has 0 heterocycles. The number of rotatable bonds is 3. The molecule has 61 valence electrons. The molecule has 1 radical (unpaired) electrons. The molecule has 1 nitrogen and oxygen atoms in total. The van der Waals surface area contributed by atoms with Crippen LogP contribution in [-0.4, -0.2) is 11.2 Å². The summed E-state index contributed by atoms with van der Waals surface area (Å²) in [7, 11) is 0. The van der Waals surface area contributed by atoms with Crippen molar-refractivity contribution < 1.29 is 5.11 Å². The smallest absolute Gasteiger partial charge is 0.0758 e. The van der Waals surface area contributed by atoms with Gasteiger partial charge in [0.05, 0.1) is 6.10 Å². The van der Waals surface area contributed by atoms with Crippen LogP contribution in [0, 0.1) is 24.3 Å². The molecule has 0 rings (SSSR count). The third kappa shape index (κ3) is 4.64. The van der Waals surface area contributed by atoms with Crippen molar-refractivity contribution in [2.45, 2.75) is 32.8 Å². The maximum atomic E-state index is 9.18. The largest absolute Gasteiger partial charge is 0.389 e. The average molecular weight is 151 g/mol. The van der Waals surface area contributed by atoms with Gasteiger partial charge in [0, 0.05) is 12.8 Å². The molecule has 0 bridgehead atoms. The molecule has 0 aliphatic heterocycles. The standard InChI is InChI=1S/C10H15O/c1-4-6-7-8-9(3)10(11)5-2/h2,5,9-11H,4,8H2,1,3H3. The van der Waals surface area contributed by atoms with Crippen LogP contribution >= 0.6 is 0 Å². The van der Waals surface area contributed by atoms with Crippen molar-refractivity contribution in [3.63, 3.8) is 0 Å². The van der Waals surface area contributed by atoms with E-state index in [0.717, 1.165) is 6.42 Å². The molecule has 1 N–H and O–H groups in total. The summed E-state index contributed by atoms with van der Waals surface area (Å²) in [6, 6.07) is 0. The van der Waals surface area contributed by atoms with Gasteiger partial charge in [0.1, 0.15) is 0 Å². The van der Waals surface area contributed by atoms with Crippen LogP contribution in [0.2, 0.25) is 0 Å². The molecule has 0 fully saturated rings. The summed E-state index contributed by atoms with van der Waals surface area (Å²) >= 11 is 0. The SMILES string of the molecule is [CH]=CC(O)C(C)CC#CCC. The van der Waals surface area contributed by atoms with Gasteiger partial charge in [-0.3, -0.25) is 0 Å². The van der Waals surface area contributed by atoms with Crippen LogP contribution in [0.25, 0.3) is 0 Å². The lowest BCUT2D eigenvalue weighted by Gasteiger charge is -2.10. The quantitative estimate of drug-likeness (QED) is 0.609. The fourth-order valence-corrected chi connectivity index (χ4v) is 0.669. The Bertz CT molecular complexity index is 161. The van der Waals surface area contributed by atoms with Crippen molar-refractivity contribution in [1.29, 1.82) is 0 Å². The molecule has 0 aliphatic rings. The first kappa shape index (κ1) is 10.3. The van der Waals surface area contributed by atoms with Crippen molar-refractivity contribution in [3.8, 4) is 11.8 Å². The number of aliphatic hydroxyl groups is 1. The highest BCUT2D eigenvalue weighted by atomic mass is 16.3. The average Bonchev–Trinajstić information content (AvgIpc) is 2.03. The van der Waals surface area contributed by atoms with Crippen LogP contribution in [0.1, 0.15) is 26.7 Å². The topological polar surface area (TPSA) is 20.2 Å². The van der Waals surface area contributed by atoms with E-state index in [9.17, 15) is 5.11 Å². The van der Waals surface area contributed by atoms with Crippen LogP contribution in [0.3, 0.4) is 0 Å². The summed E-state index contributed by atoms with van der Waals surface area (Å²) in [5.74, 6) is 6.04. The fraction of sp³-hybridized carbons (Fsp3) is 0.600. The van der Waals surface area contributed by atoms with Gasteiger partial charge in [-0.15, -0.1) is 11.8 Å². The Labute approximate surface area is 69.1 Å². The summed E-state index contributed by atoms with van der Waals surface area (Å²) in [5.41, 5.74) is 0. The molecule has 2 atom stereocenters. The predicted octanol–water partition coefficient (Wildman–Crippen LogP) is 1.78. The minimum absolute atomic E-state index is 0.138. The second kappa shape index (κ2) is 6.00. The van der Waals surface area contributed by atoms with Gasteiger partial charge in [-0.05, 0) is 5.92 Å². The van der Waals surface area contributed by atoms with E-state index in [-0.39, 0.29) is 5.92 Å². The van der Waals surface area contributed by atoms with Crippen LogP contribution in [0.5, 0.6) is 0 Å². The molecule has 0 aliphatic carbocycles. The summed E-state index contributed by atoms with van der Waals surface area (Å²) in [4.78, 5) is 0. The zero-order valence-electron chi connectivity index (χ0n) is 7.17. The first-order valence-corrected chi connectivity index (χ1v) is 3.91. The van der Waals surface area contributed by atoms with Gasteiger partial charge >= 0.3 is 0 Å². The molecule has 0 saturated carbocycles. The van der Waals surface area contributed by atoms with Crippen LogP contribution in [0.15, 0.2) is 6.08 Å². The van der Waals surface area contributed by atoms with Crippen LogP contribution in [-0.2, 0) is 0 Å². The van der Waals surface area contributed by atoms with E-state index >= 15 is 0 Å². The summed E-state index contributed by atoms with van der Waals surface area (Å²) < 4.78 is 0. The summed E-state index contributed by atoms with van der Waals surface area (Å²) in [6.07, 6.45) is 2.36. The molecular weight excluding hydrogens is 136 g/mol. The van der Waals surface area contributed by atoms with Crippen molar-refractivity contribution >= 4 is 0 Å². The Kier molecular flexibility index (Phi) is 5.60. The zero-order valence-corrected chi connectivity index (χ0v) is 7.17. The van der Waals surface area contributed by atoms with E-state index in [1.54, 1.807) is 0 Å². The summed E-state index contributed by atoms with van der Waals surface area (Å²) in [6.45, 7) is 9.09. The Morgan fingerprint density at radius 2 is 2.18 bits per heavy atom. The number of hydrogen-bond donors (Lipinski definition) is 1. The highest BCUT2D eigenvalue weighted by Gasteiger charge is 2.07. The predicted molar refractivity (Wildman–Crippen MR) is 46.7 cm³/mol. The molecule has 0 aromatic carbocycles. The van der Waals surface area contributed by atoms with Gasteiger partial charge < -0.3 is 5.11 Å². The fourth-order valence-electron chi connectivity index (χ4n) is 0.669. The molecule has 11 heavy (non-hydrogen) atoms. The zero-order chi connectivity index (χ0) is 8.69. The van der Waals surface area contributed by atoms with Gasteiger partial charge in [-0.2, -0.15) is 0 Å². The van der Waals surface area contributed by atoms with Crippen molar-refractivity contribution in [1.82, 2.24) is 0 Å². The molecular formula is C10H15O. The third-order valence-electron chi connectivity index (χ3n) is 1.51. The van der Waals surface area contributed by atoms with E-state index in [1.165, 1.54) is 6.08 Å². The molecule has 0 amide bonds. The molecule has 0 spiro atoms. The molecule has 1 heteroatoms. The Morgan fingerprint density at radius 3 is 2.64 bits per heavy atom. The molecule has 0 aromatic rings. The first-order chi connectivity index (χ1) is 5.22. The van der Waals surface area contributed by atoms with Crippen molar-refractivity contribution in [3.05, 3.63) is 12.7 Å². The van der Waals surface area contributed by atoms with Gasteiger partial charge in [0.15, 0.2) is 0 Å². The second-order valence-electron chi connectivity index (χ2n) is 2.57. The molecule has 0 aromatic heterocycles. The van der Waals surface area contributed by atoms with Crippen molar-refractivity contribution in [2.24, 2.45) is 5.92 Å². The first-order valence-electron chi connectivity index (χ1n) is 3.91. The van der Waals surface area contributed by atoms with Gasteiger partial charge in [0.25, 0.3) is 0 Å². The lowest BCUT2D eigenvalue weighted by Crippen LogP contribution is -2.13. The number of hydrogen-bond acceptors (Lipinski definition) is 1. The Hall–Kier alpha value is -0.740.